The molecule has 2 amide bonds. The first-order valence-electron chi connectivity index (χ1n) is 9.17. The van der Waals surface area contributed by atoms with Gasteiger partial charge in [-0.05, 0) is 37.0 Å². The number of rotatable bonds is 12. The number of amides is 2. The monoisotopic (exact) mass is 440 g/mol. The zero-order chi connectivity index (χ0) is 22.7. The fourth-order valence-corrected chi connectivity index (χ4v) is 2.74. The van der Waals surface area contributed by atoms with Crippen LogP contribution in [0.5, 0.6) is 5.75 Å². The molecule has 0 aliphatic heterocycles. The first kappa shape index (κ1) is 25.0. The van der Waals surface area contributed by atoms with Crippen LogP contribution in [0.4, 0.5) is 0 Å². The molecule has 0 heterocycles. The molecule has 12 heteroatoms. The maximum atomic E-state index is 12.5. The van der Waals surface area contributed by atoms with Gasteiger partial charge in [-0.3, -0.25) is 14.6 Å². The van der Waals surface area contributed by atoms with Gasteiger partial charge in [-0.2, -0.15) is 12.6 Å². The zero-order valence-electron chi connectivity index (χ0n) is 16.3. The third-order valence-corrected chi connectivity index (χ3v) is 4.47. The van der Waals surface area contributed by atoms with E-state index in [-0.39, 0.29) is 36.8 Å². The van der Waals surface area contributed by atoms with Crippen molar-refractivity contribution >= 4 is 36.4 Å². The lowest BCUT2D eigenvalue weighted by molar-refractivity contribution is -0.141. The van der Waals surface area contributed by atoms with Gasteiger partial charge < -0.3 is 38.0 Å². The maximum absolute atomic E-state index is 12.5. The van der Waals surface area contributed by atoms with E-state index in [1.807, 2.05) is 0 Å². The minimum Gasteiger partial charge on any atom is -0.508 e. The summed E-state index contributed by atoms with van der Waals surface area (Å²) in [6.45, 7) is 0.233. The molecule has 1 aromatic carbocycles. The van der Waals surface area contributed by atoms with E-state index in [9.17, 15) is 19.5 Å². The Hall–Kier alpha value is -2.99. The lowest BCUT2D eigenvalue weighted by Gasteiger charge is -2.22. The summed E-state index contributed by atoms with van der Waals surface area (Å²) in [4.78, 5) is 40.0. The molecule has 0 fully saturated rings. The molecule has 3 atom stereocenters. The Morgan fingerprint density at radius 3 is 2.20 bits per heavy atom. The van der Waals surface area contributed by atoms with Gasteiger partial charge in [-0.1, -0.05) is 12.1 Å². The number of carboxylic acid groups (broad SMARTS) is 1. The molecule has 1 rings (SSSR count). The average Bonchev–Trinajstić information content (AvgIpc) is 2.69. The predicted octanol–water partition coefficient (Wildman–Crippen LogP) is -1.70. The molecule has 30 heavy (non-hydrogen) atoms. The third-order valence-electron chi connectivity index (χ3n) is 4.10. The van der Waals surface area contributed by atoms with Crippen molar-refractivity contribution in [1.82, 2.24) is 10.6 Å². The second-order valence-electron chi connectivity index (χ2n) is 6.57. The number of hydrogen-bond acceptors (Lipinski definition) is 7. The van der Waals surface area contributed by atoms with Crippen LogP contribution < -0.4 is 27.8 Å². The van der Waals surface area contributed by atoms with Gasteiger partial charge in [0.05, 0.1) is 6.04 Å². The summed E-state index contributed by atoms with van der Waals surface area (Å²) >= 11 is 3.91. The Balaban J connectivity index is 2.79. The first-order chi connectivity index (χ1) is 14.1. The van der Waals surface area contributed by atoms with Crippen molar-refractivity contribution in [2.45, 2.75) is 37.4 Å². The minimum absolute atomic E-state index is 0.0893. The van der Waals surface area contributed by atoms with Gasteiger partial charge in [0.2, 0.25) is 11.8 Å². The van der Waals surface area contributed by atoms with Gasteiger partial charge in [0.15, 0.2) is 5.96 Å². The fourth-order valence-electron chi connectivity index (χ4n) is 2.49. The Bertz CT molecular complexity index is 754. The minimum atomic E-state index is -1.24. The first-order valence-corrected chi connectivity index (χ1v) is 9.80. The summed E-state index contributed by atoms with van der Waals surface area (Å²) in [6.07, 6.45) is 0.712. The smallest absolute Gasteiger partial charge is 0.327 e. The molecule has 11 nitrogen and oxygen atoms in total. The summed E-state index contributed by atoms with van der Waals surface area (Å²) in [6, 6.07) is 3.02. The van der Waals surface area contributed by atoms with E-state index >= 15 is 0 Å². The second kappa shape index (κ2) is 12.5. The number of phenols is 1. The van der Waals surface area contributed by atoms with E-state index in [1.54, 1.807) is 12.1 Å². The summed E-state index contributed by atoms with van der Waals surface area (Å²) in [5, 5.41) is 23.3. The number of aromatic hydroxyl groups is 1. The Kier molecular flexibility index (Phi) is 10.5. The standard InChI is InChI=1S/C18H28N6O5S/c19-12(8-10-3-5-11(25)6-4-10)15(26)23-13(2-1-7-22-18(20)21)16(27)24-14(9-30)17(28)29/h3-6,12-14,25,30H,1-2,7-9,19H2,(H,23,26)(H,24,27)(H,28,29)(H4,20,21,22). The van der Waals surface area contributed by atoms with Crippen LogP contribution in [0.2, 0.25) is 0 Å². The highest BCUT2D eigenvalue weighted by molar-refractivity contribution is 7.80. The van der Waals surface area contributed by atoms with E-state index in [2.05, 4.69) is 28.3 Å². The quantitative estimate of drug-likeness (QED) is 0.0811. The lowest BCUT2D eigenvalue weighted by Crippen LogP contribution is -2.55. The van der Waals surface area contributed by atoms with Crippen LogP contribution in [0.25, 0.3) is 0 Å². The van der Waals surface area contributed by atoms with Gasteiger partial charge in [-0.15, -0.1) is 0 Å². The van der Waals surface area contributed by atoms with Gasteiger partial charge in [0.25, 0.3) is 0 Å². The summed E-state index contributed by atoms with van der Waals surface area (Å²) < 4.78 is 0. The number of aliphatic carboxylic acids is 1. The van der Waals surface area contributed by atoms with Crippen LogP contribution in [0.15, 0.2) is 29.3 Å². The molecule has 166 valence electrons. The van der Waals surface area contributed by atoms with Gasteiger partial charge >= 0.3 is 5.97 Å². The maximum Gasteiger partial charge on any atom is 0.327 e. The molecule has 1 aromatic rings. The highest BCUT2D eigenvalue weighted by atomic mass is 32.1. The Labute approximate surface area is 179 Å². The second-order valence-corrected chi connectivity index (χ2v) is 6.93. The molecular weight excluding hydrogens is 412 g/mol. The van der Waals surface area contributed by atoms with Gasteiger partial charge in [0.1, 0.15) is 17.8 Å². The Morgan fingerprint density at radius 2 is 1.67 bits per heavy atom. The zero-order valence-corrected chi connectivity index (χ0v) is 17.2. The number of benzene rings is 1. The van der Waals surface area contributed by atoms with Crippen molar-refractivity contribution < 1.29 is 24.6 Å². The number of aliphatic imine (C=N–C) groups is 1. The van der Waals surface area contributed by atoms with E-state index in [0.717, 1.165) is 5.56 Å². The van der Waals surface area contributed by atoms with E-state index in [1.165, 1.54) is 12.1 Å². The van der Waals surface area contributed by atoms with Gasteiger partial charge in [-0.25, -0.2) is 4.79 Å². The van der Waals surface area contributed by atoms with Crippen molar-refractivity contribution in [2.24, 2.45) is 22.2 Å². The number of nitrogens with two attached hydrogens (primary N) is 3. The van der Waals surface area contributed by atoms with Gasteiger partial charge in [0, 0.05) is 12.3 Å². The fraction of sp³-hybridized carbons (Fsp3) is 0.444. The molecule has 10 N–H and O–H groups in total. The summed E-state index contributed by atoms with van der Waals surface area (Å²) in [5.74, 6) is -2.62. The molecule has 0 spiro atoms. The molecule has 0 aliphatic carbocycles. The van der Waals surface area contributed by atoms with Crippen LogP contribution in [-0.4, -0.2) is 64.4 Å². The van der Waals surface area contributed by atoms with Crippen LogP contribution in [0.1, 0.15) is 18.4 Å². The average molecular weight is 441 g/mol. The van der Waals surface area contributed by atoms with Crippen molar-refractivity contribution in [3.05, 3.63) is 29.8 Å². The van der Waals surface area contributed by atoms with Crippen LogP contribution >= 0.6 is 12.6 Å². The number of guanidine groups is 1. The molecule has 0 saturated carbocycles. The molecule has 0 aromatic heterocycles. The number of nitrogens with one attached hydrogen (secondary N) is 2. The Morgan fingerprint density at radius 1 is 1.07 bits per heavy atom. The number of nitrogens with zero attached hydrogens (tertiary/aromatic N) is 1. The third kappa shape index (κ3) is 9.01. The highest BCUT2D eigenvalue weighted by Gasteiger charge is 2.27. The van der Waals surface area contributed by atoms with E-state index in [4.69, 9.17) is 22.3 Å². The molecule has 0 aliphatic rings. The SMILES string of the molecule is NC(N)=NCCCC(NC(=O)C(N)Cc1ccc(O)cc1)C(=O)NC(CS)C(=O)O. The highest BCUT2D eigenvalue weighted by Crippen LogP contribution is 2.11. The van der Waals surface area contributed by atoms with Crippen molar-refractivity contribution in [3.8, 4) is 5.75 Å². The van der Waals surface area contributed by atoms with E-state index in [0.29, 0.717) is 6.42 Å². The van der Waals surface area contributed by atoms with Crippen molar-refractivity contribution in [2.75, 3.05) is 12.3 Å². The number of carboxylic acids is 1. The number of hydrogen-bond donors (Lipinski definition) is 8. The number of carbonyl (C=O) groups is 3. The topological polar surface area (TPSA) is 206 Å². The summed E-state index contributed by atoms with van der Waals surface area (Å²) in [7, 11) is 0. The van der Waals surface area contributed by atoms with Crippen molar-refractivity contribution in [1.29, 1.82) is 0 Å². The molecule has 0 saturated heterocycles. The molecule has 3 unspecified atom stereocenters. The lowest BCUT2D eigenvalue weighted by atomic mass is 10.0. The molecule has 0 radical (unpaired) electrons. The number of phenolic OH excluding ortho intramolecular Hbond substituents is 1. The normalized spacial score (nSPS) is 13.5. The largest absolute Gasteiger partial charge is 0.508 e. The summed E-state index contributed by atoms with van der Waals surface area (Å²) in [5.41, 5.74) is 17.2. The number of carbonyl (C=O) groups excluding carboxylic acids is 2. The van der Waals surface area contributed by atoms with Crippen LogP contribution in [0, 0.1) is 0 Å². The number of thiol groups is 1. The molecule has 0 bridgehead atoms. The van der Waals surface area contributed by atoms with Crippen LogP contribution in [0.3, 0.4) is 0 Å². The van der Waals surface area contributed by atoms with E-state index < -0.39 is 35.9 Å². The van der Waals surface area contributed by atoms with Crippen LogP contribution in [-0.2, 0) is 20.8 Å². The molecular formula is C18H28N6O5S. The predicted molar refractivity (Wildman–Crippen MR) is 115 cm³/mol. The van der Waals surface area contributed by atoms with Crippen molar-refractivity contribution in [3.63, 3.8) is 0 Å².